The highest BCUT2D eigenvalue weighted by Crippen LogP contribution is 2.29. The monoisotopic (exact) mass is 477 g/mol. The minimum absolute atomic E-state index is 0.0916. The van der Waals surface area contributed by atoms with Gasteiger partial charge >= 0.3 is 0 Å². The van der Waals surface area contributed by atoms with Crippen LogP contribution in [0, 0.1) is 20.8 Å². The molecule has 0 bridgehead atoms. The lowest BCUT2D eigenvalue weighted by Crippen LogP contribution is -2.50. The number of aromatic nitrogens is 3. The number of nitrogens with zero attached hydrogens (tertiary/aromatic N) is 5. The van der Waals surface area contributed by atoms with E-state index in [-0.39, 0.29) is 11.8 Å². The maximum absolute atomic E-state index is 13.6. The van der Waals surface area contributed by atoms with Gasteiger partial charge in [-0.2, -0.15) is 5.10 Å². The number of rotatable bonds is 3. The van der Waals surface area contributed by atoms with Gasteiger partial charge < -0.3 is 14.2 Å². The van der Waals surface area contributed by atoms with Gasteiger partial charge in [0.25, 0.3) is 11.8 Å². The van der Waals surface area contributed by atoms with E-state index >= 15 is 0 Å². The maximum atomic E-state index is 13.6. The molecular formula is C25H24ClN5O3. The molecule has 8 nitrogen and oxygen atoms in total. The molecule has 5 rings (SSSR count). The number of carbonyl (C=O) groups excluding carboxylic acids is 2. The van der Waals surface area contributed by atoms with E-state index in [1.54, 1.807) is 26.6 Å². The number of halogens is 1. The molecule has 0 saturated carbocycles. The Hall–Kier alpha value is -3.65. The first kappa shape index (κ1) is 22.2. The predicted molar refractivity (Wildman–Crippen MR) is 129 cm³/mol. The van der Waals surface area contributed by atoms with Gasteiger partial charge in [-0.15, -0.1) is 0 Å². The number of piperazine rings is 1. The fourth-order valence-electron chi connectivity index (χ4n) is 4.42. The lowest BCUT2D eigenvalue weighted by Gasteiger charge is -2.34. The highest BCUT2D eigenvalue weighted by atomic mass is 35.5. The number of amides is 2. The molecule has 1 aliphatic rings. The summed E-state index contributed by atoms with van der Waals surface area (Å²) in [6.07, 6.45) is 1.48. The topological polar surface area (TPSA) is 84.5 Å². The van der Waals surface area contributed by atoms with E-state index in [2.05, 4.69) is 0 Å². The summed E-state index contributed by atoms with van der Waals surface area (Å²) >= 11 is 6.35. The first-order valence-electron chi connectivity index (χ1n) is 11.1. The van der Waals surface area contributed by atoms with Crippen molar-refractivity contribution < 1.29 is 14.0 Å². The summed E-state index contributed by atoms with van der Waals surface area (Å²) in [5.41, 5.74) is 4.35. The Bertz CT molecular complexity index is 1400. The van der Waals surface area contributed by atoms with E-state index in [1.807, 2.05) is 45.0 Å². The van der Waals surface area contributed by atoms with Crippen LogP contribution in [0.3, 0.4) is 0 Å². The molecule has 0 N–H and O–H groups in total. The number of hydrogen-bond acceptors (Lipinski definition) is 5. The highest BCUT2D eigenvalue weighted by Gasteiger charge is 2.29. The fraction of sp³-hybridized carbons (Fsp3) is 0.280. The average molecular weight is 478 g/mol. The van der Waals surface area contributed by atoms with Crippen molar-refractivity contribution in [2.75, 3.05) is 26.2 Å². The second-order valence-electron chi connectivity index (χ2n) is 8.45. The molecule has 1 fully saturated rings. The third-order valence-corrected chi connectivity index (χ3v) is 6.63. The number of hydrogen-bond donors (Lipinski definition) is 0. The summed E-state index contributed by atoms with van der Waals surface area (Å²) < 4.78 is 6.98. The van der Waals surface area contributed by atoms with Gasteiger partial charge in [0.15, 0.2) is 11.4 Å². The quantitative estimate of drug-likeness (QED) is 0.441. The second-order valence-corrected chi connectivity index (χ2v) is 8.86. The summed E-state index contributed by atoms with van der Waals surface area (Å²) in [6, 6.07) is 10.8. The van der Waals surface area contributed by atoms with Crippen LogP contribution < -0.4 is 0 Å². The standard InChI is InChI=1S/C25H24ClN5O3/c1-15-14-18(24(32)29-9-11-30(12-10-29)25(33)21-8-5-13-34-21)22-17(3)28-31(23(22)27-15)20-7-4-6-19(26)16(20)2/h4-8,13-14H,9-12H2,1-3H3. The van der Waals surface area contributed by atoms with E-state index in [0.29, 0.717) is 48.2 Å². The smallest absolute Gasteiger partial charge is 0.289 e. The Kier molecular flexibility index (Phi) is 5.61. The van der Waals surface area contributed by atoms with E-state index < -0.39 is 0 Å². The Balaban J connectivity index is 1.46. The number of aryl methyl sites for hydroxylation is 2. The molecule has 0 unspecified atom stereocenters. The molecule has 0 radical (unpaired) electrons. The molecule has 0 aliphatic carbocycles. The zero-order valence-electron chi connectivity index (χ0n) is 19.2. The van der Waals surface area contributed by atoms with Crippen LogP contribution in [0.4, 0.5) is 0 Å². The lowest BCUT2D eigenvalue weighted by molar-refractivity contribution is 0.0519. The fourth-order valence-corrected chi connectivity index (χ4v) is 4.58. The van der Waals surface area contributed by atoms with E-state index in [9.17, 15) is 9.59 Å². The molecular weight excluding hydrogens is 454 g/mol. The van der Waals surface area contributed by atoms with Crippen LogP contribution in [-0.4, -0.2) is 62.6 Å². The van der Waals surface area contributed by atoms with Gasteiger partial charge in [0, 0.05) is 36.9 Å². The molecule has 2 amide bonds. The number of pyridine rings is 1. The maximum Gasteiger partial charge on any atom is 0.289 e. The van der Waals surface area contributed by atoms with Gasteiger partial charge in [-0.25, -0.2) is 9.67 Å². The number of benzene rings is 1. The Labute approximate surface area is 201 Å². The predicted octanol–water partition coefficient (Wildman–Crippen LogP) is 4.19. The number of fused-ring (bicyclic) bond motifs is 1. The Morgan fingerprint density at radius 3 is 2.35 bits per heavy atom. The first-order valence-corrected chi connectivity index (χ1v) is 11.5. The third-order valence-electron chi connectivity index (χ3n) is 6.22. The van der Waals surface area contributed by atoms with Crippen molar-refractivity contribution in [3.63, 3.8) is 0 Å². The summed E-state index contributed by atoms with van der Waals surface area (Å²) in [5.74, 6) is 0.0601. The van der Waals surface area contributed by atoms with Crippen LogP contribution in [0.2, 0.25) is 5.02 Å². The minimum atomic E-state index is -0.159. The number of carbonyl (C=O) groups is 2. The van der Waals surface area contributed by atoms with Gasteiger partial charge in [0.05, 0.1) is 28.6 Å². The van der Waals surface area contributed by atoms with Crippen LogP contribution >= 0.6 is 11.6 Å². The minimum Gasteiger partial charge on any atom is -0.459 e. The van der Waals surface area contributed by atoms with Crippen LogP contribution in [0.25, 0.3) is 16.7 Å². The molecule has 1 saturated heterocycles. The summed E-state index contributed by atoms with van der Waals surface area (Å²) in [7, 11) is 0. The van der Waals surface area contributed by atoms with Crippen molar-refractivity contribution in [2.24, 2.45) is 0 Å². The Morgan fingerprint density at radius 1 is 0.971 bits per heavy atom. The molecule has 1 aromatic carbocycles. The largest absolute Gasteiger partial charge is 0.459 e. The third kappa shape index (κ3) is 3.74. The zero-order valence-corrected chi connectivity index (χ0v) is 20.0. The summed E-state index contributed by atoms with van der Waals surface area (Å²) in [5, 5.41) is 6.09. The van der Waals surface area contributed by atoms with Gasteiger partial charge in [-0.3, -0.25) is 9.59 Å². The number of furan rings is 1. The normalized spacial score (nSPS) is 14.1. The van der Waals surface area contributed by atoms with E-state index in [4.69, 9.17) is 26.1 Å². The van der Waals surface area contributed by atoms with Crippen molar-refractivity contribution in [2.45, 2.75) is 20.8 Å². The molecule has 174 valence electrons. The lowest BCUT2D eigenvalue weighted by atomic mass is 10.1. The molecule has 3 aromatic heterocycles. The highest BCUT2D eigenvalue weighted by molar-refractivity contribution is 6.31. The Morgan fingerprint density at radius 2 is 1.68 bits per heavy atom. The van der Waals surface area contributed by atoms with Crippen LogP contribution in [0.15, 0.2) is 47.1 Å². The molecule has 4 heterocycles. The molecule has 0 spiro atoms. The van der Waals surface area contributed by atoms with Crippen molar-refractivity contribution in [1.29, 1.82) is 0 Å². The average Bonchev–Trinajstić information content (AvgIpc) is 3.48. The van der Waals surface area contributed by atoms with E-state index in [0.717, 1.165) is 28.0 Å². The van der Waals surface area contributed by atoms with Crippen molar-refractivity contribution in [3.05, 3.63) is 76.0 Å². The van der Waals surface area contributed by atoms with Gasteiger partial charge in [0.1, 0.15) is 0 Å². The van der Waals surface area contributed by atoms with Crippen molar-refractivity contribution in [1.82, 2.24) is 24.6 Å². The van der Waals surface area contributed by atoms with Gasteiger partial charge in [-0.1, -0.05) is 17.7 Å². The van der Waals surface area contributed by atoms with Crippen LogP contribution in [0.5, 0.6) is 0 Å². The van der Waals surface area contributed by atoms with Crippen LogP contribution in [0.1, 0.15) is 37.9 Å². The zero-order chi connectivity index (χ0) is 24.0. The summed E-state index contributed by atoms with van der Waals surface area (Å²) in [6.45, 7) is 7.45. The first-order chi connectivity index (χ1) is 16.3. The van der Waals surface area contributed by atoms with Crippen molar-refractivity contribution >= 4 is 34.4 Å². The van der Waals surface area contributed by atoms with Crippen LogP contribution in [-0.2, 0) is 0 Å². The second kappa shape index (κ2) is 8.61. The molecule has 0 atom stereocenters. The summed E-state index contributed by atoms with van der Waals surface area (Å²) in [4.78, 5) is 34.4. The van der Waals surface area contributed by atoms with Crippen molar-refractivity contribution in [3.8, 4) is 5.69 Å². The molecule has 9 heteroatoms. The van der Waals surface area contributed by atoms with Gasteiger partial charge in [0.2, 0.25) is 0 Å². The SMILES string of the molecule is Cc1cc(C(=O)N2CCN(C(=O)c3ccco3)CC2)c2c(C)nn(-c3cccc(Cl)c3C)c2n1. The van der Waals surface area contributed by atoms with Gasteiger partial charge in [-0.05, 0) is 56.7 Å². The molecule has 34 heavy (non-hydrogen) atoms. The van der Waals surface area contributed by atoms with E-state index in [1.165, 1.54) is 6.26 Å². The molecule has 4 aromatic rings. The molecule has 1 aliphatic heterocycles.